The number of aryl methyl sites for hydroxylation is 1. The Bertz CT molecular complexity index is 1350. The lowest BCUT2D eigenvalue weighted by atomic mass is 9.99. The monoisotopic (exact) mass is 431 g/mol. The Morgan fingerprint density at radius 2 is 1.84 bits per heavy atom. The summed E-state index contributed by atoms with van der Waals surface area (Å²) in [5, 5.41) is 24.1. The Kier molecular flexibility index (Phi) is 5.83. The molecule has 0 unspecified atom stereocenters. The first kappa shape index (κ1) is 21.4. The highest BCUT2D eigenvalue weighted by molar-refractivity contribution is 5.92. The zero-order valence-corrected chi connectivity index (χ0v) is 18.0. The molecule has 32 heavy (non-hydrogen) atoms. The molecule has 0 aliphatic rings. The molecular formula is C25H25N3O4. The topological polar surface area (TPSA) is 107 Å². The van der Waals surface area contributed by atoms with Gasteiger partial charge in [0.05, 0.1) is 5.69 Å². The van der Waals surface area contributed by atoms with Gasteiger partial charge in [-0.25, -0.2) is 4.79 Å². The van der Waals surface area contributed by atoms with Crippen molar-refractivity contribution in [2.24, 2.45) is 7.05 Å². The van der Waals surface area contributed by atoms with Crippen LogP contribution in [-0.4, -0.2) is 25.7 Å². The van der Waals surface area contributed by atoms with Crippen molar-refractivity contribution in [3.05, 3.63) is 87.3 Å². The third kappa shape index (κ3) is 3.90. The fraction of sp³-hybridized carbons (Fsp3) is 0.200. The van der Waals surface area contributed by atoms with E-state index in [-0.39, 0.29) is 0 Å². The van der Waals surface area contributed by atoms with Crippen molar-refractivity contribution < 1.29 is 15.0 Å². The third-order valence-electron chi connectivity index (χ3n) is 5.77. The molecule has 0 spiro atoms. The first-order chi connectivity index (χ1) is 15.4. The van der Waals surface area contributed by atoms with Crippen molar-refractivity contribution in [1.82, 2.24) is 14.9 Å². The van der Waals surface area contributed by atoms with Crippen LogP contribution in [0.4, 0.5) is 0 Å². The van der Waals surface area contributed by atoms with E-state index < -0.39 is 22.8 Å². The lowest BCUT2D eigenvalue weighted by Crippen LogP contribution is -2.20. The van der Waals surface area contributed by atoms with Crippen LogP contribution < -0.4 is 10.9 Å². The van der Waals surface area contributed by atoms with Crippen LogP contribution in [0.5, 0.6) is 5.75 Å². The molecule has 0 radical (unpaired) electrons. The molecular weight excluding hydrogens is 406 g/mol. The number of hydrogen-bond donors (Lipinski definition) is 4. The van der Waals surface area contributed by atoms with Crippen molar-refractivity contribution in [3.63, 3.8) is 0 Å². The summed E-state index contributed by atoms with van der Waals surface area (Å²) in [6, 6.07) is 18.1. The van der Waals surface area contributed by atoms with Crippen LogP contribution in [0.3, 0.4) is 0 Å². The minimum absolute atomic E-state index is 0.375. The summed E-state index contributed by atoms with van der Waals surface area (Å²) in [6.45, 7) is 3.27. The predicted molar refractivity (Wildman–Crippen MR) is 124 cm³/mol. The molecule has 0 aliphatic carbocycles. The number of aromatic carboxylic acids is 1. The second kappa shape index (κ2) is 8.72. The van der Waals surface area contributed by atoms with Gasteiger partial charge in [0.1, 0.15) is 5.75 Å². The van der Waals surface area contributed by atoms with Crippen molar-refractivity contribution in [2.75, 3.05) is 0 Å². The number of carbonyl (C=O) groups is 1. The molecule has 2 aromatic heterocycles. The first-order valence-corrected chi connectivity index (χ1v) is 10.5. The van der Waals surface area contributed by atoms with Crippen LogP contribution in [0.15, 0.2) is 59.4 Å². The lowest BCUT2D eigenvalue weighted by Gasteiger charge is -2.12. The zero-order chi connectivity index (χ0) is 22.8. The SMILES string of the molecule is CCc1c(-c2ccc3c(c2)cc(CNCc2ccccc2)n3C)[nH]c(=O)c(C(=O)O)c1O. The van der Waals surface area contributed by atoms with E-state index in [2.05, 4.69) is 33.1 Å². The molecule has 4 N–H and O–H groups in total. The Hall–Kier alpha value is -3.84. The number of aromatic amines is 1. The molecule has 0 aliphatic heterocycles. The second-order valence-corrected chi connectivity index (χ2v) is 7.75. The summed E-state index contributed by atoms with van der Waals surface area (Å²) in [6.07, 6.45) is 0.375. The van der Waals surface area contributed by atoms with Crippen molar-refractivity contribution in [1.29, 1.82) is 0 Å². The van der Waals surface area contributed by atoms with Gasteiger partial charge in [-0.1, -0.05) is 43.3 Å². The molecule has 7 heteroatoms. The number of carboxylic acid groups (broad SMARTS) is 1. The maximum Gasteiger partial charge on any atom is 0.345 e. The predicted octanol–water partition coefficient (Wildman–Crippen LogP) is 3.79. The average molecular weight is 431 g/mol. The van der Waals surface area contributed by atoms with E-state index in [9.17, 15) is 19.8 Å². The van der Waals surface area contributed by atoms with Crippen LogP contribution in [0, 0.1) is 0 Å². The minimum Gasteiger partial charge on any atom is -0.506 e. The van der Waals surface area contributed by atoms with Gasteiger partial charge in [0.2, 0.25) is 0 Å². The van der Waals surface area contributed by atoms with E-state index in [0.29, 0.717) is 29.8 Å². The zero-order valence-electron chi connectivity index (χ0n) is 18.0. The molecule has 4 rings (SSSR count). The largest absolute Gasteiger partial charge is 0.506 e. The molecule has 164 valence electrons. The molecule has 0 amide bonds. The molecule has 0 fully saturated rings. The number of nitrogens with zero attached hydrogens (tertiary/aromatic N) is 1. The van der Waals surface area contributed by atoms with E-state index in [1.54, 1.807) is 6.92 Å². The molecule has 4 aromatic rings. The summed E-state index contributed by atoms with van der Waals surface area (Å²) in [5.41, 5.74) is 3.48. The van der Waals surface area contributed by atoms with Crippen LogP contribution in [0.2, 0.25) is 0 Å². The highest BCUT2D eigenvalue weighted by atomic mass is 16.4. The number of benzene rings is 2. The number of nitrogens with one attached hydrogen (secondary N) is 2. The van der Waals surface area contributed by atoms with E-state index in [0.717, 1.165) is 23.1 Å². The van der Waals surface area contributed by atoms with E-state index in [1.165, 1.54) is 5.56 Å². The van der Waals surface area contributed by atoms with E-state index in [1.807, 2.05) is 43.4 Å². The number of fused-ring (bicyclic) bond motifs is 1. The Morgan fingerprint density at radius 1 is 1.09 bits per heavy atom. The Labute approximate surface area is 185 Å². The molecule has 2 heterocycles. The van der Waals surface area contributed by atoms with Crippen LogP contribution in [-0.2, 0) is 26.6 Å². The fourth-order valence-corrected chi connectivity index (χ4v) is 4.08. The molecule has 7 nitrogen and oxygen atoms in total. The van der Waals surface area contributed by atoms with Gasteiger partial charge in [-0.15, -0.1) is 0 Å². The van der Waals surface area contributed by atoms with Crippen LogP contribution in [0.25, 0.3) is 22.2 Å². The lowest BCUT2D eigenvalue weighted by molar-refractivity contribution is 0.0691. The second-order valence-electron chi connectivity index (χ2n) is 7.75. The van der Waals surface area contributed by atoms with Crippen LogP contribution >= 0.6 is 0 Å². The smallest absolute Gasteiger partial charge is 0.345 e. The summed E-state index contributed by atoms with van der Waals surface area (Å²) < 4.78 is 2.12. The molecule has 0 saturated carbocycles. The maximum atomic E-state index is 12.3. The highest BCUT2D eigenvalue weighted by Gasteiger charge is 2.22. The molecule has 2 aromatic carbocycles. The highest BCUT2D eigenvalue weighted by Crippen LogP contribution is 2.32. The average Bonchev–Trinajstić information content (AvgIpc) is 3.08. The first-order valence-electron chi connectivity index (χ1n) is 10.5. The van der Waals surface area contributed by atoms with Gasteiger partial charge in [0.25, 0.3) is 5.56 Å². The van der Waals surface area contributed by atoms with Crippen LogP contribution in [0.1, 0.15) is 34.1 Å². The number of aromatic hydroxyl groups is 1. The van der Waals surface area contributed by atoms with Crippen molar-refractivity contribution >= 4 is 16.9 Å². The van der Waals surface area contributed by atoms with Gasteiger partial charge < -0.3 is 25.1 Å². The summed E-state index contributed by atoms with van der Waals surface area (Å²) in [5.74, 6) is -1.92. The summed E-state index contributed by atoms with van der Waals surface area (Å²) in [7, 11) is 2.01. The van der Waals surface area contributed by atoms with Crippen molar-refractivity contribution in [3.8, 4) is 17.0 Å². The quantitative estimate of drug-likeness (QED) is 0.356. The number of aromatic nitrogens is 2. The third-order valence-corrected chi connectivity index (χ3v) is 5.77. The Balaban J connectivity index is 1.67. The molecule has 0 atom stereocenters. The van der Waals surface area contributed by atoms with E-state index in [4.69, 9.17) is 0 Å². The number of pyridine rings is 1. The number of carboxylic acids is 1. The normalized spacial score (nSPS) is 11.2. The minimum atomic E-state index is -1.45. The van der Waals surface area contributed by atoms with Gasteiger partial charge in [0.15, 0.2) is 5.56 Å². The summed E-state index contributed by atoms with van der Waals surface area (Å²) >= 11 is 0. The summed E-state index contributed by atoms with van der Waals surface area (Å²) in [4.78, 5) is 26.3. The number of hydrogen-bond acceptors (Lipinski definition) is 4. The van der Waals surface area contributed by atoms with Crippen molar-refractivity contribution in [2.45, 2.75) is 26.4 Å². The maximum absolute atomic E-state index is 12.3. The van der Waals surface area contributed by atoms with Gasteiger partial charge >= 0.3 is 5.97 Å². The van der Waals surface area contributed by atoms with Gasteiger partial charge in [-0.05, 0) is 35.7 Å². The van der Waals surface area contributed by atoms with Gasteiger partial charge in [-0.2, -0.15) is 0 Å². The van der Waals surface area contributed by atoms with Gasteiger partial charge in [-0.3, -0.25) is 4.79 Å². The van der Waals surface area contributed by atoms with Gasteiger partial charge in [0, 0.05) is 42.3 Å². The Morgan fingerprint density at radius 3 is 2.53 bits per heavy atom. The molecule has 0 bridgehead atoms. The standard InChI is InChI=1S/C25H25N3O4/c1-3-19-22(27-24(30)21(23(19)29)25(31)32)16-9-10-20-17(11-16)12-18(28(20)2)14-26-13-15-7-5-4-6-8-15/h4-12,26H,3,13-14H2,1-2H3,(H,31,32)(H2,27,29,30). The fourth-order valence-electron chi connectivity index (χ4n) is 4.08. The van der Waals surface area contributed by atoms with E-state index >= 15 is 0 Å². The number of H-pyrrole nitrogens is 1. The molecule has 0 saturated heterocycles. The number of rotatable bonds is 7.